The standard InChI is InChI=1S/C36H55NO15/c1-19-27(40)29(42)30(43)35(48-19)52-32-22(14-15-47-24(32)17-37-26(39)13-12-20-8-4-2-5-9-20)50-36-31(44)33(28(41)25(18-38)51-36)49-23(34(45)46)16-21-10-6-3-7-11-21/h2,4-5,8-9,19,21-25,27-33,35-36,38,40-44H,3,6-7,10-18H2,1H3,(H,37,39)(H,45,46)/t19-,22+,23-,24+,25+,27+,28-,29+,30-,31+,32-,33-,35-,36+/m0/s1. The first-order chi connectivity index (χ1) is 25.0. The average Bonchev–Trinajstić information content (AvgIpc) is 3.15. The van der Waals surface area contributed by atoms with E-state index in [1.165, 1.54) is 6.92 Å². The maximum Gasteiger partial charge on any atom is 0.332 e. The first-order valence-corrected chi connectivity index (χ1v) is 18.4. The van der Waals surface area contributed by atoms with Gasteiger partial charge in [-0.25, -0.2) is 4.79 Å². The summed E-state index contributed by atoms with van der Waals surface area (Å²) in [5.41, 5.74) is 0.989. The molecular weight excluding hydrogens is 686 g/mol. The van der Waals surface area contributed by atoms with E-state index in [1.54, 1.807) is 0 Å². The van der Waals surface area contributed by atoms with Crippen molar-refractivity contribution in [2.45, 2.75) is 151 Å². The summed E-state index contributed by atoms with van der Waals surface area (Å²) in [5, 5.41) is 76.9. The summed E-state index contributed by atoms with van der Waals surface area (Å²) in [7, 11) is 0. The molecule has 1 aliphatic carbocycles. The van der Waals surface area contributed by atoms with Gasteiger partial charge in [0, 0.05) is 19.6 Å². The summed E-state index contributed by atoms with van der Waals surface area (Å²) >= 11 is 0. The third-order valence-corrected chi connectivity index (χ3v) is 10.6. The lowest BCUT2D eigenvalue weighted by molar-refractivity contribution is -0.355. The Bertz CT molecular complexity index is 1250. The Morgan fingerprint density at radius 3 is 2.25 bits per heavy atom. The largest absolute Gasteiger partial charge is 0.479 e. The number of aliphatic hydroxyl groups excluding tert-OH is 6. The van der Waals surface area contributed by atoms with E-state index in [1.807, 2.05) is 30.3 Å². The van der Waals surface area contributed by atoms with Crippen molar-refractivity contribution in [1.82, 2.24) is 5.32 Å². The fourth-order valence-corrected chi connectivity index (χ4v) is 7.44. The van der Waals surface area contributed by atoms with Crippen molar-refractivity contribution < 1.29 is 73.8 Å². The highest BCUT2D eigenvalue weighted by molar-refractivity contribution is 5.76. The molecule has 1 amide bonds. The van der Waals surface area contributed by atoms with E-state index in [0.717, 1.165) is 37.7 Å². The van der Waals surface area contributed by atoms with E-state index < -0.39 is 98.4 Å². The summed E-state index contributed by atoms with van der Waals surface area (Å²) in [4.78, 5) is 25.1. The van der Waals surface area contributed by atoms with Gasteiger partial charge < -0.3 is 69.5 Å². The van der Waals surface area contributed by atoms with E-state index in [9.17, 15) is 45.3 Å². The van der Waals surface area contributed by atoms with Crippen LogP contribution in [0.5, 0.6) is 0 Å². The molecule has 0 unspecified atom stereocenters. The van der Waals surface area contributed by atoms with Crippen LogP contribution in [-0.4, -0.2) is 153 Å². The van der Waals surface area contributed by atoms with Crippen molar-refractivity contribution in [3.63, 3.8) is 0 Å². The molecule has 8 N–H and O–H groups in total. The number of benzene rings is 1. The van der Waals surface area contributed by atoms with Crippen LogP contribution in [0.15, 0.2) is 30.3 Å². The Kier molecular flexibility index (Phi) is 15.2. The number of carboxylic acids is 1. The number of rotatable bonds is 15. The van der Waals surface area contributed by atoms with Crippen LogP contribution in [0.1, 0.15) is 63.9 Å². The third kappa shape index (κ3) is 10.5. The van der Waals surface area contributed by atoms with Gasteiger partial charge in [0.25, 0.3) is 0 Å². The Hall–Kier alpha value is -2.32. The Morgan fingerprint density at radius 2 is 1.56 bits per heavy atom. The van der Waals surface area contributed by atoms with Gasteiger partial charge >= 0.3 is 5.97 Å². The van der Waals surface area contributed by atoms with Gasteiger partial charge in [0.1, 0.15) is 54.9 Å². The van der Waals surface area contributed by atoms with Crippen LogP contribution in [0, 0.1) is 5.92 Å². The molecule has 1 saturated carbocycles. The molecule has 0 radical (unpaired) electrons. The molecule has 52 heavy (non-hydrogen) atoms. The number of carbonyl (C=O) groups excluding carboxylic acids is 1. The SMILES string of the molecule is C[C@@H]1O[C@@H](O[C@@H]2[C@@H](CNC(=O)CCc3ccccc3)OCC[C@H]2O[C@@H]2O[C@H](CO)[C@H](O)[C@H](O[C@@H](CC3CCCCC3)C(=O)O)[C@H]2O)[C@@H](O)[C@H](O)[C@@H]1O. The second-order valence-electron chi connectivity index (χ2n) is 14.3. The molecule has 0 bridgehead atoms. The topological polar surface area (TPSA) is 243 Å². The van der Waals surface area contributed by atoms with Crippen LogP contribution in [0.4, 0.5) is 0 Å². The van der Waals surface area contributed by atoms with Crippen LogP contribution >= 0.6 is 0 Å². The maximum atomic E-state index is 12.8. The quantitative estimate of drug-likeness (QED) is 0.112. The Morgan fingerprint density at radius 1 is 0.846 bits per heavy atom. The lowest BCUT2D eigenvalue weighted by atomic mass is 9.85. The molecule has 14 atom stereocenters. The highest BCUT2D eigenvalue weighted by Gasteiger charge is 2.51. The summed E-state index contributed by atoms with van der Waals surface area (Å²) in [6, 6.07) is 9.49. The number of amides is 1. The van der Waals surface area contributed by atoms with Crippen molar-refractivity contribution in [2.24, 2.45) is 5.92 Å². The predicted octanol–water partition coefficient (Wildman–Crippen LogP) is -0.630. The summed E-state index contributed by atoms with van der Waals surface area (Å²) in [6.07, 6.45) is -13.2. The number of carbonyl (C=O) groups is 2. The van der Waals surface area contributed by atoms with Gasteiger partial charge in [-0.2, -0.15) is 0 Å². The number of hydrogen-bond acceptors (Lipinski definition) is 14. The molecule has 3 heterocycles. The monoisotopic (exact) mass is 741 g/mol. The molecule has 294 valence electrons. The molecule has 5 rings (SSSR count). The van der Waals surface area contributed by atoms with E-state index >= 15 is 0 Å². The number of carboxylic acid groups (broad SMARTS) is 1. The van der Waals surface area contributed by atoms with Gasteiger partial charge in [0.2, 0.25) is 5.91 Å². The van der Waals surface area contributed by atoms with Crippen molar-refractivity contribution in [3.8, 4) is 0 Å². The second kappa shape index (κ2) is 19.3. The number of nitrogens with one attached hydrogen (secondary N) is 1. The van der Waals surface area contributed by atoms with E-state index in [2.05, 4.69) is 5.32 Å². The van der Waals surface area contributed by atoms with Crippen LogP contribution in [0.25, 0.3) is 0 Å². The molecule has 1 aromatic carbocycles. The molecule has 3 aliphatic heterocycles. The van der Waals surface area contributed by atoms with Crippen LogP contribution in [-0.2, 0) is 44.4 Å². The van der Waals surface area contributed by atoms with Crippen LogP contribution in [0.3, 0.4) is 0 Å². The molecule has 0 aromatic heterocycles. The van der Waals surface area contributed by atoms with Gasteiger partial charge in [0.15, 0.2) is 18.7 Å². The number of aliphatic hydroxyl groups is 6. The first kappa shape index (κ1) is 40.9. The number of aliphatic carboxylic acids is 1. The molecule has 4 aliphatic rings. The second-order valence-corrected chi connectivity index (χ2v) is 14.3. The van der Waals surface area contributed by atoms with Crippen molar-refractivity contribution in [2.75, 3.05) is 19.8 Å². The lowest BCUT2D eigenvalue weighted by Crippen LogP contribution is -2.64. The zero-order chi connectivity index (χ0) is 37.4. The zero-order valence-corrected chi connectivity index (χ0v) is 29.4. The minimum absolute atomic E-state index is 0.0546. The van der Waals surface area contributed by atoms with Crippen molar-refractivity contribution in [1.29, 1.82) is 0 Å². The predicted molar refractivity (Wildman–Crippen MR) is 179 cm³/mol. The lowest BCUT2D eigenvalue weighted by Gasteiger charge is -2.47. The minimum Gasteiger partial charge on any atom is -0.479 e. The van der Waals surface area contributed by atoms with Crippen molar-refractivity contribution >= 4 is 11.9 Å². The fraction of sp³-hybridized carbons (Fsp3) is 0.778. The highest BCUT2D eigenvalue weighted by atomic mass is 16.7. The number of hydrogen-bond donors (Lipinski definition) is 8. The molecule has 0 spiro atoms. The smallest absolute Gasteiger partial charge is 0.332 e. The first-order valence-electron chi connectivity index (χ1n) is 18.4. The van der Waals surface area contributed by atoms with E-state index in [4.69, 9.17) is 28.4 Å². The van der Waals surface area contributed by atoms with Crippen molar-refractivity contribution in [3.05, 3.63) is 35.9 Å². The van der Waals surface area contributed by atoms with Crippen LogP contribution < -0.4 is 5.32 Å². The summed E-state index contributed by atoms with van der Waals surface area (Å²) in [5.74, 6) is -1.39. The average molecular weight is 742 g/mol. The third-order valence-electron chi connectivity index (χ3n) is 10.6. The highest BCUT2D eigenvalue weighted by Crippen LogP contribution is 2.34. The molecule has 3 saturated heterocycles. The van der Waals surface area contributed by atoms with Crippen LogP contribution in [0.2, 0.25) is 0 Å². The summed E-state index contributed by atoms with van der Waals surface area (Å²) in [6.45, 7) is 0.857. The molecule has 16 nitrogen and oxygen atoms in total. The Balaban J connectivity index is 1.31. The fourth-order valence-electron chi connectivity index (χ4n) is 7.44. The van der Waals surface area contributed by atoms with E-state index in [0.29, 0.717) is 6.42 Å². The van der Waals surface area contributed by atoms with Gasteiger partial charge in [-0.15, -0.1) is 0 Å². The maximum absolute atomic E-state index is 12.8. The summed E-state index contributed by atoms with van der Waals surface area (Å²) < 4.78 is 35.8. The van der Waals surface area contributed by atoms with Gasteiger partial charge in [-0.05, 0) is 37.7 Å². The number of ether oxygens (including phenoxy) is 6. The van der Waals surface area contributed by atoms with Gasteiger partial charge in [-0.1, -0.05) is 62.4 Å². The van der Waals surface area contributed by atoms with Gasteiger partial charge in [-0.3, -0.25) is 4.79 Å². The molecule has 1 aromatic rings. The van der Waals surface area contributed by atoms with Gasteiger partial charge in [0.05, 0.1) is 18.8 Å². The number of aryl methyl sites for hydroxylation is 1. The van der Waals surface area contributed by atoms with E-state index in [-0.39, 0.29) is 44.2 Å². The Labute approximate surface area is 302 Å². The minimum atomic E-state index is -1.71. The molecule has 4 fully saturated rings. The zero-order valence-electron chi connectivity index (χ0n) is 29.4. The normalized spacial score (nSPS) is 38.0. The molecule has 16 heteroatoms. The molecular formula is C36H55NO15.